The Kier molecular flexibility index (Phi) is 2.75. The predicted octanol–water partition coefficient (Wildman–Crippen LogP) is 2.16. The molecule has 0 unspecified atom stereocenters. The molecule has 2 rings (SSSR count). The van der Waals surface area contributed by atoms with Crippen molar-refractivity contribution in [2.45, 2.75) is 25.8 Å². The molecule has 1 aromatic rings. The van der Waals surface area contributed by atoms with Gasteiger partial charge < -0.3 is 9.32 Å². The average Bonchev–Trinajstić information content (AvgIpc) is 2.84. The number of likely N-dealkylation sites (tertiary alicyclic amines) is 1. The number of carbonyl (C=O) groups is 1. The van der Waals surface area contributed by atoms with Crippen LogP contribution in [0.25, 0.3) is 0 Å². The zero-order chi connectivity index (χ0) is 10.8. The topological polar surface area (TPSA) is 33.5 Å². The van der Waals surface area contributed by atoms with Crippen molar-refractivity contribution in [3.8, 4) is 0 Å². The first-order valence-electron chi connectivity index (χ1n) is 5.15. The van der Waals surface area contributed by atoms with Gasteiger partial charge >= 0.3 is 0 Å². The summed E-state index contributed by atoms with van der Waals surface area (Å²) in [6.07, 6.45) is 1.63. The zero-order valence-electron chi connectivity index (χ0n) is 8.70. The maximum absolute atomic E-state index is 12.6. The summed E-state index contributed by atoms with van der Waals surface area (Å²) in [6, 6.07) is 3.13. The van der Waals surface area contributed by atoms with Gasteiger partial charge in [0.05, 0.1) is 6.04 Å². The van der Waals surface area contributed by atoms with E-state index in [1.54, 1.807) is 24.0 Å². The summed E-state index contributed by atoms with van der Waals surface area (Å²) < 4.78 is 17.8. The fourth-order valence-corrected chi connectivity index (χ4v) is 1.95. The molecule has 0 aromatic carbocycles. The first kappa shape index (κ1) is 10.2. The van der Waals surface area contributed by atoms with Gasteiger partial charge in [0.2, 0.25) is 0 Å². The van der Waals surface area contributed by atoms with E-state index < -0.39 is 6.67 Å². The van der Waals surface area contributed by atoms with Crippen molar-refractivity contribution in [2.75, 3.05) is 13.2 Å². The van der Waals surface area contributed by atoms with E-state index in [1.165, 1.54) is 0 Å². The maximum Gasteiger partial charge on any atom is 0.289 e. The smallest absolute Gasteiger partial charge is 0.289 e. The van der Waals surface area contributed by atoms with Crippen LogP contribution in [0.1, 0.15) is 29.2 Å². The summed E-state index contributed by atoms with van der Waals surface area (Å²) in [5, 5.41) is 0. The van der Waals surface area contributed by atoms with E-state index in [0.717, 1.165) is 12.8 Å². The van der Waals surface area contributed by atoms with Crippen LogP contribution in [-0.4, -0.2) is 30.1 Å². The van der Waals surface area contributed by atoms with Crippen molar-refractivity contribution in [3.05, 3.63) is 23.7 Å². The van der Waals surface area contributed by atoms with Crippen LogP contribution in [0.2, 0.25) is 0 Å². The Morgan fingerprint density at radius 3 is 3.07 bits per heavy atom. The zero-order valence-corrected chi connectivity index (χ0v) is 8.70. The summed E-state index contributed by atoms with van der Waals surface area (Å²) in [7, 11) is 0. The molecule has 0 N–H and O–H groups in total. The summed E-state index contributed by atoms with van der Waals surface area (Å²) in [6.45, 7) is 1.95. The van der Waals surface area contributed by atoms with E-state index in [0.29, 0.717) is 18.1 Å². The average molecular weight is 211 g/mol. The molecular weight excluding hydrogens is 197 g/mol. The van der Waals surface area contributed by atoms with Crippen molar-refractivity contribution >= 4 is 5.91 Å². The SMILES string of the molecule is Cc1ccc(C(=O)N2CCC[C@@H]2CF)o1. The lowest BCUT2D eigenvalue weighted by Gasteiger charge is -2.20. The van der Waals surface area contributed by atoms with E-state index in [2.05, 4.69) is 0 Å². The molecule has 82 valence electrons. The second-order valence-corrected chi connectivity index (χ2v) is 3.86. The van der Waals surface area contributed by atoms with Crippen LogP contribution in [0.5, 0.6) is 0 Å². The minimum Gasteiger partial charge on any atom is -0.456 e. The third kappa shape index (κ3) is 1.89. The van der Waals surface area contributed by atoms with Crippen LogP contribution in [0.4, 0.5) is 4.39 Å². The number of furan rings is 1. The molecule has 1 atom stereocenters. The van der Waals surface area contributed by atoms with Gasteiger partial charge in [-0.3, -0.25) is 4.79 Å². The van der Waals surface area contributed by atoms with Crippen molar-refractivity contribution in [3.63, 3.8) is 0 Å². The van der Waals surface area contributed by atoms with Gasteiger partial charge in [0.15, 0.2) is 5.76 Å². The van der Waals surface area contributed by atoms with Crippen molar-refractivity contribution < 1.29 is 13.6 Å². The number of carbonyl (C=O) groups excluding carboxylic acids is 1. The van der Waals surface area contributed by atoms with E-state index >= 15 is 0 Å². The molecule has 4 heteroatoms. The maximum atomic E-state index is 12.6. The highest BCUT2D eigenvalue weighted by atomic mass is 19.1. The van der Waals surface area contributed by atoms with E-state index in [4.69, 9.17) is 4.42 Å². The highest BCUT2D eigenvalue weighted by Crippen LogP contribution is 2.21. The third-order valence-electron chi connectivity index (χ3n) is 2.77. The lowest BCUT2D eigenvalue weighted by molar-refractivity contribution is 0.0683. The number of nitrogens with zero attached hydrogens (tertiary/aromatic N) is 1. The Morgan fingerprint density at radius 2 is 2.47 bits per heavy atom. The van der Waals surface area contributed by atoms with Crippen LogP contribution in [0.3, 0.4) is 0 Å². The molecule has 1 aliphatic rings. The standard InChI is InChI=1S/C11H14FNO2/c1-8-4-5-10(15-8)11(14)13-6-2-3-9(13)7-12/h4-5,9H,2-3,6-7H2,1H3/t9-/m1/s1. The van der Waals surface area contributed by atoms with Gasteiger partial charge in [0, 0.05) is 6.54 Å². The van der Waals surface area contributed by atoms with Crippen molar-refractivity contribution in [2.24, 2.45) is 0 Å². The quantitative estimate of drug-likeness (QED) is 0.751. The number of hydrogen-bond acceptors (Lipinski definition) is 2. The number of amides is 1. The van der Waals surface area contributed by atoms with Gasteiger partial charge in [0.25, 0.3) is 5.91 Å². The van der Waals surface area contributed by atoms with E-state index in [9.17, 15) is 9.18 Å². The number of rotatable bonds is 2. The minimum absolute atomic E-state index is 0.191. The van der Waals surface area contributed by atoms with Gasteiger partial charge in [-0.05, 0) is 31.9 Å². The molecule has 0 bridgehead atoms. The number of hydrogen-bond donors (Lipinski definition) is 0. The Balaban J connectivity index is 2.13. The summed E-state index contributed by atoms with van der Waals surface area (Å²) in [5.41, 5.74) is 0. The van der Waals surface area contributed by atoms with Gasteiger partial charge in [0.1, 0.15) is 12.4 Å². The largest absolute Gasteiger partial charge is 0.456 e. The molecule has 1 amide bonds. The molecule has 1 aliphatic heterocycles. The second-order valence-electron chi connectivity index (χ2n) is 3.86. The number of halogens is 1. The molecule has 1 aromatic heterocycles. The summed E-state index contributed by atoms with van der Waals surface area (Å²) in [5.74, 6) is 0.824. The van der Waals surface area contributed by atoms with Crippen LogP contribution in [-0.2, 0) is 0 Å². The minimum atomic E-state index is -0.467. The third-order valence-corrected chi connectivity index (χ3v) is 2.77. The summed E-state index contributed by atoms with van der Waals surface area (Å²) >= 11 is 0. The lowest BCUT2D eigenvalue weighted by atomic mass is 10.2. The molecule has 2 heterocycles. The first-order chi connectivity index (χ1) is 7.22. The fraction of sp³-hybridized carbons (Fsp3) is 0.545. The molecule has 1 fully saturated rings. The summed E-state index contributed by atoms with van der Waals surface area (Å²) in [4.78, 5) is 13.5. The Hall–Kier alpha value is -1.32. The second kappa shape index (κ2) is 4.04. The highest BCUT2D eigenvalue weighted by molar-refractivity contribution is 5.92. The molecule has 3 nitrogen and oxygen atoms in total. The fourth-order valence-electron chi connectivity index (χ4n) is 1.95. The molecule has 0 aliphatic carbocycles. The van der Waals surface area contributed by atoms with Crippen LogP contribution in [0.15, 0.2) is 16.5 Å². The molecular formula is C11H14FNO2. The molecule has 0 radical (unpaired) electrons. The monoisotopic (exact) mass is 211 g/mol. The van der Waals surface area contributed by atoms with Gasteiger partial charge in [-0.25, -0.2) is 4.39 Å². The van der Waals surface area contributed by atoms with Crippen LogP contribution in [0, 0.1) is 6.92 Å². The Labute approximate surface area is 87.9 Å². The molecule has 1 saturated heterocycles. The van der Waals surface area contributed by atoms with Crippen LogP contribution < -0.4 is 0 Å². The van der Waals surface area contributed by atoms with E-state index in [1.807, 2.05) is 0 Å². The van der Waals surface area contributed by atoms with Gasteiger partial charge in [-0.15, -0.1) is 0 Å². The highest BCUT2D eigenvalue weighted by Gasteiger charge is 2.30. The Morgan fingerprint density at radius 1 is 1.67 bits per heavy atom. The number of aryl methyl sites for hydroxylation is 1. The van der Waals surface area contributed by atoms with E-state index in [-0.39, 0.29) is 11.9 Å². The molecule has 15 heavy (non-hydrogen) atoms. The van der Waals surface area contributed by atoms with Gasteiger partial charge in [-0.1, -0.05) is 0 Å². The van der Waals surface area contributed by atoms with Crippen molar-refractivity contribution in [1.82, 2.24) is 4.90 Å². The van der Waals surface area contributed by atoms with Crippen molar-refractivity contribution in [1.29, 1.82) is 0 Å². The van der Waals surface area contributed by atoms with Gasteiger partial charge in [-0.2, -0.15) is 0 Å². The predicted molar refractivity (Wildman–Crippen MR) is 53.5 cm³/mol. The molecule has 0 saturated carbocycles. The Bertz CT molecular complexity index is 361. The first-order valence-corrected chi connectivity index (χ1v) is 5.15. The normalized spacial score (nSPS) is 20.9. The lowest BCUT2D eigenvalue weighted by Crippen LogP contribution is -2.36. The number of alkyl halides is 1. The molecule has 0 spiro atoms. The van der Waals surface area contributed by atoms with Crippen LogP contribution >= 0.6 is 0 Å².